The van der Waals surface area contributed by atoms with Crippen LogP contribution in [0.25, 0.3) is 0 Å². The third-order valence-corrected chi connectivity index (χ3v) is 6.40. The van der Waals surface area contributed by atoms with Crippen LogP contribution in [0.5, 0.6) is 0 Å². The molecule has 1 heterocycles. The number of aliphatic hydroxyl groups is 1. The minimum Gasteiger partial charge on any atom is -0.384 e. The quantitative estimate of drug-likeness (QED) is 0.419. The van der Waals surface area contributed by atoms with E-state index >= 15 is 0 Å². The summed E-state index contributed by atoms with van der Waals surface area (Å²) in [6.07, 6.45) is 7.78. The molecule has 3 unspecified atom stereocenters. The van der Waals surface area contributed by atoms with Gasteiger partial charge in [0.25, 0.3) is 0 Å². The Labute approximate surface area is 164 Å². The molecule has 150 valence electrons. The van der Waals surface area contributed by atoms with Crippen LogP contribution in [-0.4, -0.2) is 55.6 Å². The van der Waals surface area contributed by atoms with Crippen LogP contribution < -0.4 is 5.32 Å². The molecule has 0 aromatic heterocycles. The van der Waals surface area contributed by atoms with Crippen LogP contribution in [-0.2, 0) is 4.74 Å². The number of halogens is 1. The van der Waals surface area contributed by atoms with Gasteiger partial charge in [0, 0.05) is 49.2 Å². The van der Waals surface area contributed by atoms with Crippen LogP contribution >= 0.6 is 11.6 Å². The Bertz CT molecular complexity index is 484. The highest BCUT2D eigenvalue weighted by Gasteiger charge is 2.44. The minimum atomic E-state index is -0.432. The second kappa shape index (κ2) is 10.2. The van der Waals surface area contributed by atoms with Crippen LogP contribution in [0.15, 0.2) is 23.3 Å². The molecule has 1 saturated heterocycles. The number of rotatable bonds is 11. The number of hydrogen-bond donors (Lipinski definition) is 2. The molecule has 1 saturated carbocycles. The molecule has 0 aromatic carbocycles. The molecular formula is C21H37ClN2O2. The van der Waals surface area contributed by atoms with E-state index in [0.717, 1.165) is 55.9 Å². The number of nitrogens with zero attached hydrogens (tertiary/aromatic N) is 1. The molecule has 2 rings (SSSR count). The van der Waals surface area contributed by atoms with E-state index in [-0.39, 0.29) is 11.3 Å². The highest BCUT2D eigenvalue weighted by Crippen LogP contribution is 2.39. The number of methoxy groups -OCH3 is 1. The largest absolute Gasteiger partial charge is 0.384 e. The molecule has 3 atom stereocenters. The first-order valence-electron chi connectivity index (χ1n) is 10.0. The van der Waals surface area contributed by atoms with Crippen molar-refractivity contribution in [3.63, 3.8) is 0 Å². The van der Waals surface area contributed by atoms with Gasteiger partial charge < -0.3 is 15.2 Å². The number of piperidine rings is 1. The van der Waals surface area contributed by atoms with Gasteiger partial charge in [0.05, 0.1) is 0 Å². The molecule has 0 bridgehead atoms. The maximum absolute atomic E-state index is 11.3. The highest BCUT2D eigenvalue weighted by atomic mass is 35.5. The fraction of sp³-hybridized carbons (Fsp3) is 0.810. The van der Waals surface area contributed by atoms with Crippen molar-refractivity contribution < 1.29 is 9.84 Å². The zero-order chi connectivity index (χ0) is 19.2. The zero-order valence-electron chi connectivity index (χ0n) is 16.8. The lowest BCUT2D eigenvalue weighted by molar-refractivity contribution is -0.102. The lowest BCUT2D eigenvalue weighted by Gasteiger charge is -2.44. The fourth-order valence-electron chi connectivity index (χ4n) is 3.99. The van der Waals surface area contributed by atoms with E-state index in [1.165, 1.54) is 12.8 Å². The van der Waals surface area contributed by atoms with Gasteiger partial charge in [0.15, 0.2) is 0 Å². The first-order chi connectivity index (χ1) is 12.4. The van der Waals surface area contributed by atoms with E-state index in [0.29, 0.717) is 12.6 Å². The number of allylic oxidation sites excluding steroid dienone is 1. The molecule has 2 fully saturated rings. The predicted molar refractivity (Wildman–Crippen MR) is 109 cm³/mol. The maximum atomic E-state index is 11.3. The normalized spacial score (nSPS) is 26.8. The second-order valence-electron chi connectivity index (χ2n) is 8.30. The predicted octanol–water partition coefficient (Wildman–Crippen LogP) is 3.90. The summed E-state index contributed by atoms with van der Waals surface area (Å²) in [5, 5.41) is 15.6. The van der Waals surface area contributed by atoms with Crippen LogP contribution in [0.1, 0.15) is 52.4 Å². The average molecular weight is 385 g/mol. The van der Waals surface area contributed by atoms with Gasteiger partial charge in [-0.3, -0.25) is 4.90 Å². The van der Waals surface area contributed by atoms with E-state index in [9.17, 15) is 5.11 Å². The molecule has 1 aliphatic carbocycles. The van der Waals surface area contributed by atoms with Gasteiger partial charge in [-0.05, 0) is 52.0 Å². The van der Waals surface area contributed by atoms with Crippen molar-refractivity contribution in [1.29, 1.82) is 0 Å². The van der Waals surface area contributed by atoms with E-state index in [2.05, 4.69) is 23.7 Å². The summed E-state index contributed by atoms with van der Waals surface area (Å²) >= 11 is 6.57. The Morgan fingerprint density at radius 1 is 1.50 bits per heavy atom. The Balaban J connectivity index is 2.07. The molecule has 0 amide bonds. The topological polar surface area (TPSA) is 44.7 Å². The van der Waals surface area contributed by atoms with Gasteiger partial charge in [-0.15, -0.1) is 0 Å². The van der Waals surface area contributed by atoms with Crippen molar-refractivity contribution in [2.75, 3.05) is 33.4 Å². The number of ether oxygens (including phenoxy) is 1. The third-order valence-electron chi connectivity index (χ3n) is 5.88. The summed E-state index contributed by atoms with van der Waals surface area (Å²) in [6.45, 7) is 11.8. The van der Waals surface area contributed by atoms with Crippen LogP contribution in [0.4, 0.5) is 0 Å². The van der Waals surface area contributed by atoms with Crippen LogP contribution in [0.2, 0.25) is 0 Å². The molecule has 0 spiro atoms. The Morgan fingerprint density at radius 2 is 2.23 bits per heavy atom. The number of hydrogen-bond acceptors (Lipinski definition) is 4. The second-order valence-corrected chi connectivity index (χ2v) is 8.74. The van der Waals surface area contributed by atoms with Crippen molar-refractivity contribution in [2.45, 2.75) is 64.6 Å². The maximum Gasteiger partial charge on any atom is 0.114 e. The van der Waals surface area contributed by atoms with Gasteiger partial charge in [0.1, 0.15) is 6.23 Å². The standard InChI is InChI=1S/C21H37ClN2O2/c1-5-19(22)17(13-16(2)9-12-26-4)14-24(18-7-8-18)20(25)21(3)10-6-11-23-15-21/h5,17-18,20,23,25H,2,6-15H2,1,3-4H3/b19-5+. The van der Waals surface area contributed by atoms with Crippen LogP contribution in [0, 0.1) is 11.3 Å². The minimum absolute atomic E-state index is 0.0964. The average Bonchev–Trinajstić information content (AvgIpc) is 3.47. The summed E-state index contributed by atoms with van der Waals surface area (Å²) in [4.78, 5) is 2.31. The molecular weight excluding hydrogens is 348 g/mol. The molecule has 2 aliphatic rings. The van der Waals surface area contributed by atoms with Gasteiger partial charge >= 0.3 is 0 Å². The van der Waals surface area contributed by atoms with Crippen molar-refractivity contribution in [3.8, 4) is 0 Å². The molecule has 2 N–H and O–H groups in total. The van der Waals surface area contributed by atoms with Gasteiger partial charge in [0.2, 0.25) is 0 Å². The first-order valence-corrected chi connectivity index (χ1v) is 10.4. The Hall–Kier alpha value is -0.390. The number of nitrogens with one attached hydrogen (secondary N) is 1. The van der Waals surface area contributed by atoms with Crippen molar-refractivity contribution in [2.24, 2.45) is 11.3 Å². The monoisotopic (exact) mass is 384 g/mol. The summed E-state index contributed by atoms with van der Waals surface area (Å²) in [5.74, 6) is 0.182. The lowest BCUT2D eigenvalue weighted by Crippen LogP contribution is -2.55. The van der Waals surface area contributed by atoms with E-state index in [1.807, 2.05) is 13.0 Å². The summed E-state index contributed by atoms with van der Waals surface area (Å²) in [5.41, 5.74) is 1.06. The highest BCUT2D eigenvalue weighted by molar-refractivity contribution is 6.29. The Morgan fingerprint density at radius 3 is 2.77 bits per heavy atom. The summed E-state index contributed by atoms with van der Waals surface area (Å²) in [6, 6.07) is 0.486. The van der Waals surface area contributed by atoms with Crippen molar-refractivity contribution in [3.05, 3.63) is 23.3 Å². The van der Waals surface area contributed by atoms with Gasteiger partial charge in [-0.25, -0.2) is 0 Å². The Kier molecular flexibility index (Phi) is 8.62. The first kappa shape index (κ1) is 21.9. The van der Waals surface area contributed by atoms with E-state index in [4.69, 9.17) is 16.3 Å². The number of aliphatic hydroxyl groups excluding tert-OH is 1. The van der Waals surface area contributed by atoms with Crippen molar-refractivity contribution in [1.82, 2.24) is 10.2 Å². The fourth-order valence-corrected chi connectivity index (χ4v) is 4.14. The van der Waals surface area contributed by atoms with Crippen LogP contribution in [0.3, 0.4) is 0 Å². The molecule has 4 nitrogen and oxygen atoms in total. The zero-order valence-corrected chi connectivity index (χ0v) is 17.5. The third kappa shape index (κ3) is 6.07. The van der Waals surface area contributed by atoms with Gasteiger partial charge in [-0.2, -0.15) is 0 Å². The molecule has 0 radical (unpaired) electrons. The molecule has 5 heteroatoms. The van der Waals surface area contributed by atoms with E-state index in [1.54, 1.807) is 7.11 Å². The molecule has 1 aliphatic heterocycles. The summed E-state index contributed by atoms with van der Waals surface area (Å²) < 4.78 is 5.18. The molecule has 0 aromatic rings. The smallest absolute Gasteiger partial charge is 0.114 e. The molecule has 26 heavy (non-hydrogen) atoms. The SMILES string of the molecule is C=C(CCOC)CC(CN(C1CC1)C(O)C1(C)CCCNC1)/C(Cl)=C\C. The summed E-state index contributed by atoms with van der Waals surface area (Å²) in [7, 11) is 1.72. The lowest BCUT2D eigenvalue weighted by atomic mass is 9.80. The van der Waals surface area contributed by atoms with Gasteiger partial charge in [-0.1, -0.05) is 36.8 Å². The van der Waals surface area contributed by atoms with E-state index < -0.39 is 6.23 Å². The van der Waals surface area contributed by atoms with Crippen molar-refractivity contribution >= 4 is 11.6 Å².